The van der Waals surface area contributed by atoms with Crippen LogP contribution in [0.3, 0.4) is 0 Å². The molecule has 0 aliphatic rings. The van der Waals surface area contributed by atoms with Gasteiger partial charge >= 0.3 is 5.69 Å². The number of ether oxygens (including phenoxy) is 1. The number of nitrogens with one attached hydrogen (secondary N) is 1. The van der Waals surface area contributed by atoms with Crippen molar-refractivity contribution in [2.24, 2.45) is 0 Å². The van der Waals surface area contributed by atoms with E-state index in [1.165, 1.54) is 0 Å². The first-order chi connectivity index (χ1) is 17.7. The molecular formula is C27H27N7O2. The third-order valence-corrected chi connectivity index (χ3v) is 6.16. The lowest BCUT2D eigenvalue weighted by atomic mass is 10.0. The van der Waals surface area contributed by atoms with Gasteiger partial charge in [0.25, 0.3) is 0 Å². The molecule has 0 aliphatic heterocycles. The highest BCUT2D eigenvalue weighted by Gasteiger charge is 2.16. The number of hydrogen-bond acceptors (Lipinski definition) is 6. The number of tetrazole rings is 1. The van der Waals surface area contributed by atoms with E-state index in [0.717, 1.165) is 53.0 Å². The Morgan fingerprint density at radius 2 is 1.86 bits per heavy atom. The van der Waals surface area contributed by atoms with Crippen LogP contribution in [0.4, 0.5) is 0 Å². The number of unbranched alkanes of at least 4 members (excludes halogenated alkanes) is 1. The van der Waals surface area contributed by atoms with Crippen molar-refractivity contribution in [2.45, 2.75) is 32.7 Å². The number of H-pyrrole nitrogens is 1. The summed E-state index contributed by atoms with van der Waals surface area (Å²) in [6.45, 7) is 2.62. The highest BCUT2D eigenvalue weighted by molar-refractivity contribution is 5.76. The summed E-state index contributed by atoms with van der Waals surface area (Å²) >= 11 is 0. The Labute approximate surface area is 208 Å². The van der Waals surface area contributed by atoms with Gasteiger partial charge in [-0.3, -0.25) is 14.1 Å². The van der Waals surface area contributed by atoms with Crippen molar-refractivity contribution in [1.29, 1.82) is 0 Å². The Morgan fingerprint density at radius 3 is 2.61 bits per heavy atom. The predicted octanol–water partition coefficient (Wildman–Crippen LogP) is 4.28. The first-order valence-corrected chi connectivity index (χ1v) is 11.9. The average molecular weight is 482 g/mol. The minimum atomic E-state index is -0.0844. The zero-order chi connectivity index (χ0) is 24.9. The lowest BCUT2D eigenvalue weighted by molar-refractivity contribution is 0.412. The maximum atomic E-state index is 13.5. The number of imidazole rings is 1. The number of benzene rings is 2. The third kappa shape index (κ3) is 4.55. The molecule has 9 nitrogen and oxygen atoms in total. The van der Waals surface area contributed by atoms with Crippen molar-refractivity contribution < 1.29 is 4.74 Å². The summed E-state index contributed by atoms with van der Waals surface area (Å²) in [7, 11) is 1.62. The lowest BCUT2D eigenvalue weighted by Gasteiger charge is -2.10. The van der Waals surface area contributed by atoms with Crippen molar-refractivity contribution in [3.8, 4) is 34.1 Å². The van der Waals surface area contributed by atoms with Crippen LogP contribution in [0.25, 0.3) is 28.3 Å². The summed E-state index contributed by atoms with van der Waals surface area (Å²) in [5, 5.41) is 14.3. The van der Waals surface area contributed by atoms with E-state index in [4.69, 9.17) is 4.74 Å². The monoisotopic (exact) mass is 481 g/mol. The van der Waals surface area contributed by atoms with Crippen molar-refractivity contribution >= 4 is 0 Å². The SMILES string of the molecule is CCCCc1cn(-c2ccccc2OC)c(=O)n1Cc1ccc(-c2ncccc2-c2nn[nH]n2)cc1. The number of methoxy groups -OCH3 is 1. The van der Waals surface area contributed by atoms with Gasteiger partial charge in [0, 0.05) is 29.2 Å². The first kappa shape index (κ1) is 23.2. The Hall–Kier alpha value is -4.53. The molecule has 5 aromatic rings. The molecule has 0 saturated heterocycles. The van der Waals surface area contributed by atoms with E-state index < -0.39 is 0 Å². The second kappa shape index (κ2) is 10.4. The summed E-state index contributed by atoms with van der Waals surface area (Å²) in [6, 6.07) is 19.4. The van der Waals surface area contributed by atoms with Crippen LogP contribution in [0.1, 0.15) is 31.0 Å². The van der Waals surface area contributed by atoms with Crippen LogP contribution in [-0.2, 0) is 13.0 Å². The van der Waals surface area contributed by atoms with Gasteiger partial charge in [-0.05, 0) is 47.9 Å². The van der Waals surface area contributed by atoms with E-state index in [2.05, 4.69) is 32.5 Å². The highest BCUT2D eigenvalue weighted by Crippen LogP contribution is 2.28. The van der Waals surface area contributed by atoms with Crippen LogP contribution in [-0.4, -0.2) is 41.9 Å². The summed E-state index contributed by atoms with van der Waals surface area (Å²) < 4.78 is 9.04. The molecule has 0 amide bonds. The van der Waals surface area contributed by atoms with Gasteiger partial charge in [-0.25, -0.2) is 4.79 Å². The highest BCUT2D eigenvalue weighted by atomic mass is 16.5. The molecule has 0 spiro atoms. The molecule has 0 aliphatic carbocycles. The summed E-state index contributed by atoms with van der Waals surface area (Å²) in [4.78, 5) is 18.1. The van der Waals surface area contributed by atoms with E-state index in [9.17, 15) is 4.79 Å². The largest absolute Gasteiger partial charge is 0.495 e. The van der Waals surface area contributed by atoms with E-state index in [0.29, 0.717) is 18.1 Å². The van der Waals surface area contributed by atoms with E-state index in [-0.39, 0.29) is 5.69 Å². The maximum absolute atomic E-state index is 13.5. The van der Waals surface area contributed by atoms with Gasteiger partial charge in [0.15, 0.2) is 0 Å². The number of nitrogens with zero attached hydrogens (tertiary/aromatic N) is 6. The fourth-order valence-electron chi connectivity index (χ4n) is 4.30. The molecule has 0 fully saturated rings. The summed E-state index contributed by atoms with van der Waals surface area (Å²) in [6.07, 6.45) is 6.57. The van der Waals surface area contributed by atoms with Crippen LogP contribution in [0, 0.1) is 0 Å². The van der Waals surface area contributed by atoms with Crippen LogP contribution < -0.4 is 10.4 Å². The number of para-hydroxylation sites is 2. The molecule has 1 N–H and O–H groups in total. The zero-order valence-electron chi connectivity index (χ0n) is 20.3. The minimum Gasteiger partial charge on any atom is -0.495 e. The minimum absolute atomic E-state index is 0.0844. The van der Waals surface area contributed by atoms with Crippen LogP contribution in [0.2, 0.25) is 0 Å². The molecule has 0 unspecified atom stereocenters. The van der Waals surface area contributed by atoms with Crippen molar-refractivity contribution in [3.63, 3.8) is 0 Å². The first-order valence-electron chi connectivity index (χ1n) is 11.9. The Morgan fingerprint density at radius 1 is 1.03 bits per heavy atom. The molecule has 36 heavy (non-hydrogen) atoms. The normalized spacial score (nSPS) is 11.1. The van der Waals surface area contributed by atoms with Gasteiger partial charge in [0.05, 0.1) is 25.0 Å². The molecule has 0 atom stereocenters. The van der Waals surface area contributed by atoms with Crippen LogP contribution in [0.15, 0.2) is 77.9 Å². The number of pyridine rings is 1. The smallest absolute Gasteiger partial charge is 0.333 e. The third-order valence-electron chi connectivity index (χ3n) is 6.16. The van der Waals surface area contributed by atoms with E-state index in [1.807, 2.05) is 71.4 Å². The quantitative estimate of drug-likeness (QED) is 0.337. The van der Waals surface area contributed by atoms with Crippen molar-refractivity contribution in [1.82, 2.24) is 34.7 Å². The molecule has 0 saturated carbocycles. The van der Waals surface area contributed by atoms with Crippen LogP contribution in [0.5, 0.6) is 5.75 Å². The molecule has 2 aromatic carbocycles. The molecule has 182 valence electrons. The van der Waals surface area contributed by atoms with Gasteiger partial charge in [-0.2, -0.15) is 5.21 Å². The van der Waals surface area contributed by atoms with Crippen molar-refractivity contribution in [2.75, 3.05) is 7.11 Å². The van der Waals surface area contributed by atoms with Gasteiger partial charge in [0.2, 0.25) is 5.82 Å². The number of hydrogen-bond donors (Lipinski definition) is 1. The van der Waals surface area contributed by atoms with E-state index in [1.54, 1.807) is 17.9 Å². The number of aromatic amines is 1. The maximum Gasteiger partial charge on any atom is 0.333 e. The molecule has 9 heteroatoms. The number of aryl methyl sites for hydroxylation is 1. The molecule has 0 radical (unpaired) electrons. The Balaban J connectivity index is 1.48. The summed E-state index contributed by atoms with van der Waals surface area (Å²) in [5.74, 6) is 1.16. The Bertz CT molecular complexity index is 1500. The fourth-order valence-corrected chi connectivity index (χ4v) is 4.30. The van der Waals surface area contributed by atoms with Crippen molar-refractivity contribution in [3.05, 3.63) is 94.8 Å². The molecule has 0 bridgehead atoms. The summed E-state index contributed by atoms with van der Waals surface area (Å²) in [5.41, 5.74) is 5.18. The van der Waals surface area contributed by atoms with E-state index >= 15 is 0 Å². The predicted molar refractivity (Wildman–Crippen MR) is 137 cm³/mol. The molecule has 5 rings (SSSR count). The molecule has 3 aromatic heterocycles. The fraction of sp³-hybridized carbons (Fsp3) is 0.222. The van der Waals surface area contributed by atoms with Gasteiger partial charge in [-0.1, -0.05) is 49.7 Å². The molecule has 3 heterocycles. The topological polar surface area (TPSA) is 104 Å². The molecular weight excluding hydrogens is 454 g/mol. The number of rotatable bonds is 9. The second-order valence-corrected chi connectivity index (χ2v) is 8.47. The van der Waals surface area contributed by atoms with Gasteiger partial charge in [0.1, 0.15) is 5.75 Å². The zero-order valence-corrected chi connectivity index (χ0v) is 20.3. The van der Waals surface area contributed by atoms with Gasteiger partial charge in [-0.15, -0.1) is 10.2 Å². The number of aromatic nitrogens is 7. The second-order valence-electron chi connectivity index (χ2n) is 8.47. The van der Waals surface area contributed by atoms with Crippen LogP contribution >= 0.6 is 0 Å². The lowest BCUT2D eigenvalue weighted by Crippen LogP contribution is -2.25. The average Bonchev–Trinajstić information content (AvgIpc) is 3.57. The van der Waals surface area contributed by atoms with Gasteiger partial charge < -0.3 is 4.74 Å². The Kier molecular flexibility index (Phi) is 6.70. The standard InChI is InChI=1S/C27H27N7O2/c1-3-4-8-21-18-34(23-10-5-6-11-24(23)36-2)27(35)33(21)17-19-12-14-20(15-13-19)25-22(9-7-16-28-25)26-29-31-32-30-26/h5-7,9-16,18H,3-4,8,17H2,1-2H3,(H,29,30,31,32).